The Bertz CT molecular complexity index is 71.5. The van der Waals surface area contributed by atoms with Crippen LogP contribution in [0.15, 0.2) is 0 Å². The summed E-state index contributed by atoms with van der Waals surface area (Å²) in [5.74, 6) is 4.01. The second-order valence-electron chi connectivity index (χ2n) is 1.70. The van der Waals surface area contributed by atoms with E-state index in [2.05, 4.69) is 52.8 Å². The largest absolute Gasteiger partial charge is 0.139 e. The topological polar surface area (TPSA) is 0 Å². The second-order valence-corrected chi connectivity index (χ2v) is 14.6. The zero-order chi connectivity index (χ0) is 7.33. The molecule has 0 spiro atoms. The molecular weight excluding hydrogens is 263 g/mol. The van der Waals surface area contributed by atoms with Crippen molar-refractivity contribution in [2.24, 2.45) is 0 Å². The summed E-state index contributed by atoms with van der Waals surface area (Å²) in [5.41, 5.74) is 0. The standard InChI is InChI=1S/C6H15IS2/c1-4-8-9(7,5-2)6-3/h4-6H2,1-3H3. The van der Waals surface area contributed by atoms with Gasteiger partial charge in [-0.2, -0.15) is 0 Å². The van der Waals surface area contributed by atoms with Crippen molar-refractivity contribution in [1.29, 1.82) is 0 Å². The molecule has 9 heavy (non-hydrogen) atoms. The van der Waals surface area contributed by atoms with E-state index in [1.54, 1.807) is 0 Å². The minimum atomic E-state index is -0.278. The van der Waals surface area contributed by atoms with E-state index in [1.807, 2.05) is 0 Å². The smallest absolute Gasteiger partial charge is 0.0000345 e. The van der Waals surface area contributed by atoms with Crippen molar-refractivity contribution >= 4 is 38.2 Å². The van der Waals surface area contributed by atoms with E-state index in [1.165, 1.54) is 17.3 Å². The van der Waals surface area contributed by atoms with Crippen molar-refractivity contribution in [2.45, 2.75) is 20.8 Å². The van der Waals surface area contributed by atoms with Crippen molar-refractivity contribution in [3.63, 3.8) is 0 Å². The van der Waals surface area contributed by atoms with Crippen LogP contribution >= 0.6 is 38.2 Å². The van der Waals surface area contributed by atoms with Gasteiger partial charge in [-0.15, -0.1) is 17.0 Å². The zero-order valence-corrected chi connectivity index (χ0v) is 10.1. The second kappa shape index (κ2) is 5.13. The van der Waals surface area contributed by atoms with Crippen LogP contribution in [0.1, 0.15) is 20.8 Å². The average Bonchev–Trinajstić information content (AvgIpc) is 1.89. The molecule has 0 aliphatic carbocycles. The maximum absolute atomic E-state index is 2.65. The van der Waals surface area contributed by atoms with E-state index in [4.69, 9.17) is 0 Å². The first-order chi connectivity index (χ1) is 4.18. The van der Waals surface area contributed by atoms with E-state index in [0.29, 0.717) is 0 Å². The average molecular weight is 278 g/mol. The van der Waals surface area contributed by atoms with Crippen LogP contribution in [0.3, 0.4) is 0 Å². The van der Waals surface area contributed by atoms with E-state index in [9.17, 15) is 0 Å². The van der Waals surface area contributed by atoms with Crippen LogP contribution in [0.25, 0.3) is 0 Å². The third-order valence-electron chi connectivity index (χ3n) is 1.19. The molecule has 0 aromatic rings. The Labute approximate surface area is 75.9 Å². The molecule has 0 saturated heterocycles. The summed E-state index contributed by atoms with van der Waals surface area (Å²) < 4.78 is 0. The van der Waals surface area contributed by atoms with Crippen LogP contribution in [0.5, 0.6) is 0 Å². The van der Waals surface area contributed by atoms with Crippen LogP contribution in [-0.2, 0) is 0 Å². The molecule has 0 bridgehead atoms. The molecule has 0 heterocycles. The Kier molecular flexibility index (Phi) is 5.94. The van der Waals surface area contributed by atoms with Crippen molar-refractivity contribution in [3.05, 3.63) is 0 Å². The predicted octanol–water partition coefficient (Wildman–Crippen LogP) is 3.85. The lowest BCUT2D eigenvalue weighted by atomic mass is 11.0. The van der Waals surface area contributed by atoms with Gasteiger partial charge in [-0.1, -0.05) is 20.8 Å². The quantitative estimate of drug-likeness (QED) is 0.556. The molecule has 0 aromatic carbocycles. The van der Waals surface area contributed by atoms with E-state index < -0.39 is 0 Å². The highest BCUT2D eigenvalue weighted by Crippen LogP contribution is 2.66. The molecule has 3 heteroatoms. The van der Waals surface area contributed by atoms with E-state index in [-0.39, 0.29) is 6.23 Å². The Morgan fingerprint density at radius 1 is 1.22 bits per heavy atom. The predicted molar refractivity (Wildman–Crippen MR) is 60.8 cm³/mol. The minimum absolute atomic E-state index is 0.278. The molecule has 0 nitrogen and oxygen atoms in total. The normalized spacial score (nSPS) is 13.8. The van der Waals surface area contributed by atoms with Crippen molar-refractivity contribution in [3.8, 4) is 0 Å². The highest BCUT2D eigenvalue weighted by molar-refractivity contribution is 14.2. The molecule has 0 aliphatic heterocycles. The summed E-state index contributed by atoms with van der Waals surface area (Å²) in [4.78, 5) is 0. The fourth-order valence-corrected chi connectivity index (χ4v) is 6.30. The molecular formula is C6H15IS2. The molecule has 0 fully saturated rings. The first-order valence-electron chi connectivity index (χ1n) is 3.31. The summed E-state index contributed by atoms with van der Waals surface area (Å²) >= 11 is 2.65. The Balaban J connectivity index is 3.62. The molecule has 0 aromatic heterocycles. The molecule has 58 valence electrons. The van der Waals surface area contributed by atoms with Gasteiger partial charge in [0, 0.05) is 5.75 Å². The van der Waals surface area contributed by atoms with Crippen LogP contribution in [0.4, 0.5) is 0 Å². The van der Waals surface area contributed by atoms with Gasteiger partial charge in [0.2, 0.25) is 0 Å². The molecule has 0 rings (SSSR count). The zero-order valence-electron chi connectivity index (χ0n) is 6.32. The van der Waals surface area contributed by atoms with Crippen molar-refractivity contribution < 1.29 is 0 Å². The van der Waals surface area contributed by atoms with Gasteiger partial charge in [-0.05, 0) is 32.7 Å². The van der Waals surface area contributed by atoms with Gasteiger partial charge in [0.1, 0.15) is 0 Å². The van der Waals surface area contributed by atoms with E-state index >= 15 is 0 Å². The van der Waals surface area contributed by atoms with Gasteiger partial charge in [0.15, 0.2) is 0 Å². The lowest BCUT2D eigenvalue weighted by molar-refractivity contribution is 1.45. The van der Waals surface area contributed by atoms with Crippen LogP contribution in [-0.4, -0.2) is 17.3 Å². The highest BCUT2D eigenvalue weighted by atomic mass is 127. The summed E-state index contributed by atoms with van der Waals surface area (Å²) in [5, 5.41) is 0. The molecule has 0 N–H and O–H groups in total. The van der Waals surface area contributed by atoms with Gasteiger partial charge in [0.05, 0.1) is 0 Å². The van der Waals surface area contributed by atoms with Gasteiger partial charge in [0.25, 0.3) is 0 Å². The summed E-state index contributed by atoms with van der Waals surface area (Å²) in [6, 6.07) is 0. The Hall–Kier alpha value is 1.43. The van der Waals surface area contributed by atoms with Crippen LogP contribution in [0.2, 0.25) is 0 Å². The SMILES string of the molecule is CCSS(I)(CC)CC. The van der Waals surface area contributed by atoms with Crippen molar-refractivity contribution in [2.75, 3.05) is 17.3 Å². The van der Waals surface area contributed by atoms with Gasteiger partial charge < -0.3 is 0 Å². The number of rotatable bonds is 4. The lowest BCUT2D eigenvalue weighted by Gasteiger charge is -2.28. The lowest BCUT2D eigenvalue weighted by Crippen LogP contribution is -1.91. The molecule has 0 saturated carbocycles. The van der Waals surface area contributed by atoms with Gasteiger partial charge >= 0.3 is 0 Å². The minimum Gasteiger partial charge on any atom is -0.139 e. The molecule has 0 atom stereocenters. The summed E-state index contributed by atoms with van der Waals surface area (Å²) in [7, 11) is 2.15. The number of hydrogen-bond donors (Lipinski definition) is 0. The fraction of sp³-hybridized carbons (Fsp3) is 1.00. The monoisotopic (exact) mass is 278 g/mol. The van der Waals surface area contributed by atoms with E-state index in [0.717, 1.165) is 0 Å². The molecule has 0 aliphatic rings. The van der Waals surface area contributed by atoms with Gasteiger partial charge in [-0.3, -0.25) is 0 Å². The first-order valence-corrected chi connectivity index (χ1v) is 9.32. The Morgan fingerprint density at radius 3 is 1.78 bits per heavy atom. The van der Waals surface area contributed by atoms with Crippen molar-refractivity contribution in [1.82, 2.24) is 0 Å². The van der Waals surface area contributed by atoms with Crippen LogP contribution < -0.4 is 0 Å². The maximum atomic E-state index is 2.65. The third-order valence-corrected chi connectivity index (χ3v) is 13.0. The summed E-state index contributed by atoms with van der Waals surface area (Å²) in [6.45, 7) is 6.85. The first kappa shape index (κ1) is 10.4. The highest BCUT2D eigenvalue weighted by Gasteiger charge is 2.13. The maximum Gasteiger partial charge on any atom is 0.0000345 e. The third kappa shape index (κ3) is 3.98. The number of halogens is 1. The number of hydrogen-bond acceptors (Lipinski definition) is 1. The summed E-state index contributed by atoms with van der Waals surface area (Å²) in [6.07, 6.45) is -0.278. The molecule has 0 amide bonds. The molecule has 0 radical (unpaired) electrons. The Morgan fingerprint density at radius 2 is 1.67 bits per heavy atom. The molecule has 0 unspecified atom stereocenters. The fourth-order valence-electron chi connectivity index (χ4n) is 0.582. The van der Waals surface area contributed by atoms with Crippen LogP contribution in [0, 0.1) is 0 Å². The van der Waals surface area contributed by atoms with Gasteiger partial charge in [-0.25, -0.2) is 0 Å².